The average Bonchev–Trinajstić information content (AvgIpc) is 2.47. The Morgan fingerprint density at radius 1 is 1.35 bits per heavy atom. The number of hydrazone groups is 1. The molecule has 0 saturated heterocycles. The normalized spacial score (nSPS) is 10.4. The highest BCUT2D eigenvalue weighted by Crippen LogP contribution is 2.13. The highest BCUT2D eigenvalue weighted by Gasteiger charge is 1.96. The summed E-state index contributed by atoms with van der Waals surface area (Å²) in [6.07, 6.45) is 5.14. The van der Waals surface area contributed by atoms with E-state index in [2.05, 4.69) is 27.7 Å². The molecule has 0 bridgehead atoms. The molecule has 0 radical (unpaired) electrons. The third kappa shape index (κ3) is 4.66. The molecule has 0 aliphatic heterocycles. The molecule has 5 nitrogen and oxygen atoms in total. The molecule has 0 aliphatic carbocycles. The van der Waals surface area contributed by atoms with Gasteiger partial charge < -0.3 is 10.5 Å². The first-order valence-electron chi connectivity index (χ1n) is 5.94. The number of nitrogens with zero attached hydrogens (tertiary/aromatic N) is 2. The van der Waals surface area contributed by atoms with Crippen molar-refractivity contribution < 1.29 is 4.74 Å². The first-order chi connectivity index (χ1) is 9.74. The molecular formula is C14H14N4OS. The fourth-order valence-electron chi connectivity index (χ4n) is 1.47. The van der Waals surface area contributed by atoms with Gasteiger partial charge in [-0.2, -0.15) is 5.10 Å². The summed E-state index contributed by atoms with van der Waals surface area (Å²) in [5.41, 5.74) is 9.70. The van der Waals surface area contributed by atoms with E-state index in [1.54, 1.807) is 18.6 Å². The monoisotopic (exact) mass is 286 g/mol. The SMILES string of the molecule is NC(=S)N/N=C/c1ccc(OCc2cccnc2)cc1. The molecule has 0 amide bonds. The highest BCUT2D eigenvalue weighted by molar-refractivity contribution is 7.80. The Morgan fingerprint density at radius 2 is 2.15 bits per heavy atom. The van der Waals surface area contributed by atoms with Gasteiger partial charge in [-0.3, -0.25) is 10.4 Å². The van der Waals surface area contributed by atoms with Gasteiger partial charge in [0.05, 0.1) is 6.21 Å². The molecule has 2 rings (SSSR count). The number of aromatic nitrogens is 1. The van der Waals surface area contributed by atoms with Gasteiger partial charge in [-0.15, -0.1) is 0 Å². The number of hydrogen-bond donors (Lipinski definition) is 2. The van der Waals surface area contributed by atoms with E-state index < -0.39 is 0 Å². The van der Waals surface area contributed by atoms with Gasteiger partial charge in [-0.05, 0) is 48.1 Å². The van der Waals surface area contributed by atoms with Crippen molar-refractivity contribution in [1.82, 2.24) is 10.4 Å². The second-order valence-electron chi connectivity index (χ2n) is 3.95. The minimum atomic E-state index is 0.137. The number of ether oxygens (including phenoxy) is 1. The minimum absolute atomic E-state index is 0.137. The van der Waals surface area contributed by atoms with Gasteiger partial charge in [-0.1, -0.05) is 6.07 Å². The molecule has 2 aromatic rings. The zero-order valence-corrected chi connectivity index (χ0v) is 11.5. The Morgan fingerprint density at radius 3 is 2.80 bits per heavy atom. The van der Waals surface area contributed by atoms with Crippen molar-refractivity contribution in [1.29, 1.82) is 0 Å². The first kappa shape index (κ1) is 14.0. The zero-order chi connectivity index (χ0) is 14.2. The Kier molecular flexibility index (Phi) is 5.02. The average molecular weight is 286 g/mol. The number of pyridine rings is 1. The van der Waals surface area contributed by atoms with Gasteiger partial charge in [0.1, 0.15) is 12.4 Å². The predicted octanol–water partition coefficient (Wildman–Crippen LogP) is 1.83. The molecule has 0 aliphatic rings. The molecule has 0 fully saturated rings. The van der Waals surface area contributed by atoms with Crippen molar-refractivity contribution in [3.8, 4) is 5.75 Å². The molecule has 0 spiro atoms. The van der Waals surface area contributed by atoms with E-state index in [1.165, 1.54) is 0 Å². The van der Waals surface area contributed by atoms with Crippen LogP contribution in [0.1, 0.15) is 11.1 Å². The van der Waals surface area contributed by atoms with Crippen molar-refractivity contribution in [2.24, 2.45) is 10.8 Å². The van der Waals surface area contributed by atoms with E-state index in [1.807, 2.05) is 36.4 Å². The maximum absolute atomic E-state index is 5.65. The molecule has 0 atom stereocenters. The van der Waals surface area contributed by atoms with Gasteiger partial charge in [0.15, 0.2) is 5.11 Å². The fourth-order valence-corrected chi connectivity index (χ4v) is 1.52. The maximum atomic E-state index is 5.65. The zero-order valence-electron chi connectivity index (χ0n) is 10.7. The quantitative estimate of drug-likeness (QED) is 0.498. The largest absolute Gasteiger partial charge is 0.489 e. The molecule has 0 saturated carbocycles. The molecule has 20 heavy (non-hydrogen) atoms. The lowest BCUT2D eigenvalue weighted by Crippen LogP contribution is -2.23. The number of nitrogens with one attached hydrogen (secondary N) is 1. The van der Waals surface area contributed by atoms with Crippen LogP contribution in [0.15, 0.2) is 53.9 Å². The number of thiocarbonyl (C=S) groups is 1. The maximum Gasteiger partial charge on any atom is 0.184 e. The topological polar surface area (TPSA) is 72.5 Å². The van der Waals surface area contributed by atoms with Gasteiger partial charge in [-0.25, -0.2) is 0 Å². The molecule has 1 aromatic carbocycles. The summed E-state index contributed by atoms with van der Waals surface area (Å²) in [5, 5.41) is 4.01. The van der Waals surface area contributed by atoms with Crippen molar-refractivity contribution in [2.75, 3.05) is 0 Å². The second kappa shape index (κ2) is 7.20. The van der Waals surface area contributed by atoms with Crippen LogP contribution in [-0.4, -0.2) is 16.3 Å². The number of hydrogen-bond acceptors (Lipinski definition) is 4. The van der Waals surface area contributed by atoms with E-state index in [4.69, 9.17) is 10.5 Å². The van der Waals surface area contributed by atoms with Crippen molar-refractivity contribution in [3.63, 3.8) is 0 Å². The fraction of sp³-hybridized carbons (Fsp3) is 0.0714. The third-order valence-corrected chi connectivity index (χ3v) is 2.49. The summed E-state index contributed by atoms with van der Waals surface area (Å²) < 4.78 is 5.65. The smallest absolute Gasteiger partial charge is 0.184 e. The predicted molar refractivity (Wildman–Crippen MR) is 82.5 cm³/mol. The van der Waals surface area contributed by atoms with Crippen LogP contribution in [0.2, 0.25) is 0 Å². The Hall–Kier alpha value is -2.47. The van der Waals surface area contributed by atoms with E-state index >= 15 is 0 Å². The van der Waals surface area contributed by atoms with Crippen LogP contribution in [0.3, 0.4) is 0 Å². The number of benzene rings is 1. The molecule has 1 aromatic heterocycles. The van der Waals surface area contributed by atoms with Crippen molar-refractivity contribution >= 4 is 23.5 Å². The summed E-state index contributed by atoms with van der Waals surface area (Å²) in [6, 6.07) is 11.4. The summed E-state index contributed by atoms with van der Waals surface area (Å²) in [4.78, 5) is 4.03. The minimum Gasteiger partial charge on any atom is -0.489 e. The summed E-state index contributed by atoms with van der Waals surface area (Å²) >= 11 is 4.64. The highest BCUT2D eigenvalue weighted by atomic mass is 32.1. The lowest BCUT2D eigenvalue weighted by atomic mass is 10.2. The van der Waals surface area contributed by atoms with E-state index in [0.29, 0.717) is 6.61 Å². The van der Waals surface area contributed by atoms with E-state index in [0.717, 1.165) is 16.9 Å². The molecule has 6 heteroatoms. The van der Waals surface area contributed by atoms with Gasteiger partial charge in [0.2, 0.25) is 0 Å². The van der Waals surface area contributed by atoms with Crippen LogP contribution in [0.5, 0.6) is 5.75 Å². The molecule has 102 valence electrons. The molecule has 0 unspecified atom stereocenters. The van der Waals surface area contributed by atoms with Gasteiger partial charge in [0, 0.05) is 18.0 Å². The van der Waals surface area contributed by atoms with E-state index in [-0.39, 0.29) is 5.11 Å². The summed E-state index contributed by atoms with van der Waals surface area (Å²) in [6.45, 7) is 0.490. The number of rotatable bonds is 5. The Bertz CT molecular complexity index is 584. The van der Waals surface area contributed by atoms with Crippen LogP contribution in [0.25, 0.3) is 0 Å². The lowest BCUT2D eigenvalue weighted by Gasteiger charge is -2.05. The van der Waals surface area contributed by atoms with Crippen LogP contribution in [-0.2, 0) is 6.61 Å². The summed E-state index contributed by atoms with van der Waals surface area (Å²) in [5.74, 6) is 0.785. The second-order valence-corrected chi connectivity index (χ2v) is 4.39. The Balaban J connectivity index is 1.88. The Labute approximate surface area is 122 Å². The molecule has 1 heterocycles. The van der Waals surface area contributed by atoms with Crippen LogP contribution >= 0.6 is 12.2 Å². The van der Waals surface area contributed by atoms with Gasteiger partial charge in [0.25, 0.3) is 0 Å². The lowest BCUT2D eigenvalue weighted by molar-refractivity contribution is 0.306. The molecular weight excluding hydrogens is 272 g/mol. The van der Waals surface area contributed by atoms with E-state index in [9.17, 15) is 0 Å². The van der Waals surface area contributed by atoms with Crippen molar-refractivity contribution in [2.45, 2.75) is 6.61 Å². The number of nitrogens with two attached hydrogens (primary N) is 1. The van der Waals surface area contributed by atoms with Crippen LogP contribution in [0, 0.1) is 0 Å². The molecule has 3 N–H and O–H groups in total. The summed E-state index contributed by atoms with van der Waals surface area (Å²) in [7, 11) is 0. The van der Waals surface area contributed by atoms with Gasteiger partial charge >= 0.3 is 0 Å². The standard InChI is InChI=1S/C14H14N4OS/c15-14(20)18-17-9-11-3-5-13(6-4-11)19-10-12-2-1-7-16-8-12/h1-9H,10H2,(H3,15,18,20)/b17-9+. The van der Waals surface area contributed by atoms with Crippen molar-refractivity contribution in [3.05, 3.63) is 59.9 Å². The van der Waals surface area contributed by atoms with Crippen LogP contribution < -0.4 is 15.9 Å². The first-order valence-corrected chi connectivity index (χ1v) is 6.35. The van der Waals surface area contributed by atoms with Crippen LogP contribution in [0.4, 0.5) is 0 Å². The third-order valence-electron chi connectivity index (χ3n) is 2.40.